The van der Waals surface area contributed by atoms with Crippen molar-refractivity contribution in [3.8, 4) is 11.4 Å². The number of methoxy groups -OCH3 is 1. The molecule has 0 spiro atoms. The number of esters is 1. The third-order valence-electron chi connectivity index (χ3n) is 4.91. The smallest absolute Gasteiger partial charge is 0.316 e. The van der Waals surface area contributed by atoms with Crippen molar-refractivity contribution in [2.24, 2.45) is 0 Å². The van der Waals surface area contributed by atoms with E-state index < -0.39 is 0 Å². The number of rotatable bonds is 6. The van der Waals surface area contributed by atoms with Crippen LogP contribution in [0.3, 0.4) is 0 Å². The van der Waals surface area contributed by atoms with E-state index in [0.29, 0.717) is 28.6 Å². The van der Waals surface area contributed by atoms with Crippen molar-refractivity contribution in [3.05, 3.63) is 45.1 Å². The van der Waals surface area contributed by atoms with Crippen LogP contribution in [0.15, 0.2) is 34.2 Å². The zero-order chi connectivity index (χ0) is 20.4. The molecule has 1 aromatic carbocycles. The van der Waals surface area contributed by atoms with E-state index >= 15 is 0 Å². The highest BCUT2D eigenvalue weighted by atomic mass is 32.2. The Morgan fingerprint density at radius 2 is 2.07 bits per heavy atom. The maximum absolute atomic E-state index is 13.7. The van der Waals surface area contributed by atoms with E-state index in [1.165, 1.54) is 16.6 Å². The Kier molecular flexibility index (Phi) is 5.91. The van der Waals surface area contributed by atoms with E-state index in [-0.39, 0.29) is 17.3 Å². The molecule has 1 aliphatic rings. The minimum Gasteiger partial charge on any atom is -0.495 e. The monoisotopic (exact) mass is 430 g/mol. The van der Waals surface area contributed by atoms with E-state index in [4.69, 9.17) is 14.5 Å². The Balaban J connectivity index is 1.92. The third-order valence-corrected chi connectivity index (χ3v) is 7.01. The summed E-state index contributed by atoms with van der Waals surface area (Å²) in [4.78, 5) is 32.4. The van der Waals surface area contributed by atoms with Crippen molar-refractivity contribution >= 4 is 39.3 Å². The van der Waals surface area contributed by atoms with E-state index in [1.54, 1.807) is 29.9 Å². The van der Waals surface area contributed by atoms with Gasteiger partial charge in [-0.2, -0.15) is 0 Å². The molecule has 29 heavy (non-hydrogen) atoms. The van der Waals surface area contributed by atoms with Crippen LogP contribution in [0.4, 0.5) is 0 Å². The molecule has 0 amide bonds. The maximum atomic E-state index is 13.7. The van der Waals surface area contributed by atoms with Crippen LogP contribution in [0.5, 0.6) is 5.75 Å². The molecular formula is C21H22N2O4S2. The number of nitrogens with zero attached hydrogens (tertiary/aromatic N) is 2. The Morgan fingerprint density at radius 3 is 2.86 bits per heavy atom. The van der Waals surface area contributed by atoms with Crippen molar-refractivity contribution in [2.45, 2.75) is 37.8 Å². The van der Waals surface area contributed by atoms with Crippen LogP contribution >= 0.6 is 23.1 Å². The fourth-order valence-corrected chi connectivity index (χ4v) is 5.74. The maximum Gasteiger partial charge on any atom is 0.316 e. The Morgan fingerprint density at radius 1 is 1.28 bits per heavy atom. The summed E-state index contributed by atoms with van der Waals surface area (Å²) in [5, 5.41) is 1.18. The second-order valence-corrected chi connectivity index (χ2v) is 8.72. The van der Waals surface area contributed by atoms with E-state index in [0.717, 1.165) is 36.1 Å². The molecule has 0 N–H and O–H groups in total. The summed E-state index contributed by atoms with van der Waals surface area (Å²) < 4.78 is 12.1. The lowest BCUT2D eigenvalue weighted by Crippen LogP contribution is -2.23. The molecule has 0 bridgehead atoms. The van der Waals surface area contributed by atoms with Crippen molar-refractivity contribution in [3.63, 3.8) is 0 Å². The number of fused-ring (bicyclic) bond motifs is 3. The van der Waals surface area contributed by atoms with E-state index in [9.17, 15) is 9.59 Å². The van der Waals surface area contributed by atoms with Crippen molar-refractivity contribution in [1.82, 2.24) is 9.55 Å². The largest absolute Gasteiger partial charge is 0.495 e. The molecule has 1 aliphatic carbocycles. The van der Waals surface area contributed by atoms with Crippen LogP contribution in [0, 0.1) is 0 Å². The van der Waals surface area contributed by atoms with Gasteiger partial charge in [0.25, 0.3) is 5.56 Å². The highest BCUT2D eigenvalue weighted by molar-refractivity contribution is 7.99. The van der Waals surface area contributed by atoms with Gasteiger partial charge in [-0.15, -0.1) is 11.3 Å². The first kappa shape index (κ1) is 20.0. The first-order valence-electron chi connectivity index (χ1n) is 9.63. The number of ether oxygens (including phenoxy) is 2. The molecule has 8 heteroatoms. The second-order valence-electron chi connectivity index (χ2n) is 6.69. The molecule has 0 saturated carbocycles. The number of thiophene rings is 1. The predicted octanol–water partition coefficient (Wildman–Crippen LogP) is 3.99. The molecular weight excluding hydrogens is 408 g/mol. The quantitative estimate of drug-likeness (QED) is 0.335. The van der Waals surface area contributed by atoms with E-state index in [1.807, 2.05) is 24.3 Å². The number of aromatic nitrogens is 2. The summed E-state index contributed by atoms with van der Waals surface area (Å²) >= 11 is 2.81. The van der Waals surface area contributed by atoms with Gasteiger partial charge in [-0.1, -0.05) is 23.9 Å². The summed E-state index contributed by atoms with van der Waals surface area (Å²) in [6.07, 6.45) is 4.14. The normalized spacial score (nSPS) is 13.3. The van der Waals surface area contributed by atoms with Crippen LogP contribution in [0.25, 0.3) is 15.9 Å². The number of benzene rings is 1. The SMILES string of the molecule is CCOC(=O)CSc1nc2sc3c(c2c(=O)n1-c1ccccc1OC)CCCC3. The number of aryl methyl sites for hydroxylation is 2. The molecule has 0 aliphatic heterocycles. The Hall–Kier alpha value is -2.32. The van der Waals surface area contributed by atoms with Crippen LogP contribution in [-0.2, 0) is 22.4 Å². The summed E-state index contributed by atoms with van der Waals surface area (Å²) in [7, 11) is 1.58. The Bertz CT molecular complexity index is 1120. The fraction of sp³-hybridized carbons (Fsp3) is 0.381. The summed E-state index contributed by atoms with van der Waals surface area (Å²) in [6, 6.07) is 7.37. The summed E-state index contributed by atoms with van der Waals surface area (Å²) in [5.41, 5.74) is 1.65. The summed E-state index contributed by atoms with van der Waals surface area (Å²) in [6.45, 7) is 2.09. The molecule has 2 heterocycles. The van der Waals surface area contributed by atoms with Gasteiger partial charge in [0.2, 0.25) is 0 Å². The highest BCUT2D eigenvalue weighted by Gasteiger charge is 2.24. The molecule has 0 unspecified atom stereocenters. The zero-order valence-electron chi connectivity index (χ0n) is 16.4. The fourth-order valence-electron chi connectivity index (χ4n) is 3.64. The van der Waals surface area contributed by atoms with E-state index in [2.05, 4.69) is 0 Å². The van der Waals surface area contributed by atoms with Gasteiger partial charge >= 0.3 is 5.97 Å². The van der Waals surface area contributed by atoms with Crippen molar-refractivity contribution < 1.29 is 14.3 Å². The highest BCUT2D eigenvalue weighted by Crippen LogP contribution is 2.36. The number of hydrogen-bond acceptors (Lipinski definition) is 7. The summed E-state index contributed by atoms with van der Waals surface area (Å²) in [5.74, 6) is 0.341. The lowest BCUT2D eigenvalue weighted by molar-refractivity contribution is -0.139. The van der Waals surface area contributed by atoms with Crippen LogP contribution in [0.2, 0.25) is 0 Å². The number of carbonyl (C=O) groups excluding carboxylic acids is 1. The average Bonchev–Trinajstić information content (AvgIpc) is 3.11. The molecule has 0 atom stereocenters. The molecule has 3 aromatic rings. The standard InChI is InChI=1S/C21H22N2O4S2/c1-3-27-17(24)12-28-21-22-19-18(13-8-4-7-11-16(13)29-19)20(25)23(21)14-9-5-6-10-15(14)26-2/h5-6,9-10H,3-4,7-8,11-12H2,1-2H3. The number of thioether (sulfide) groups is 1. The topological polar surface area (TPSA) is 70.4 Å². The van der Waals surface area contributed by atoms with Crippen molar-refractivity contribution in [2.75, 3.05) is 19.5 Å². The lowest BCUT2D eigenvalue weighted by Gasteiger charge is -2.15. The van der Waals surface area contributed by atoms with Gasteiger partial charge in [0.05, 0.1) is 30.5 Å². The molecule has 0 saturated heterocycles. The van der Waals surface area contributed by atoms with Gasteiger partial charge in [0.1, 0.15) is 10.6 Å². The zero-order valence-corrected chi connectivity index (χ0v) is 18.0. The van der Waals surface area contributed by atoms with Crippen LogP contribution < -0.4 is 10.3 Å². The lowest BCUT2D eigenvalue weighted by atomic mass is 9.97. The van der Waals surface area contributed by atoms with Crippen molar-refractivity contribution in [1.29, 1.82) is 0 Å². The van der Waals surface area contributed by atoms with Gasteiger partial charge in [-0.3, -0.25) is 14.2 Å². The van der Waals surface area contributed by atoms with Gasteiger partial charge in [0.15, 0.2) is 5.16 Å². The predicted molar refractivity (Wildman–Crippen MR) is 116 cm³/mol. The molecule has 6 nitrogen and oxygen atoms in total. The molecule has 4 rings (SSSR count). The van der Waals surface area contributed by atoms with Gasteiger partial charge in [-0.05, 0) is 50.3 Å². The van der Waals surface area contributed by atoms with Crippen LogP contribution in [0.1, 0.15) is 30.2 Å². The van der Waals surface area contributed by atoms with Crippen LogP contribution in [-0.4, -0.2) is 35.0 Å². The first-order valence-corrected chi connectivity index (χ1v) is 11.4. The van der Waals surface area contributed by atoms with Gasteiger partial charge in [0, 0.05) is 4.88 Å². The molecule has 152 valence electrons. The number of hydrogen-bond donors (Lipinski definition) is 0. The number of carbonyl (C=O) groups is 1. The average molecular weight is 431 g/mol. The molecule has 2 aromatic heterocycles. The molecule has 0 fully saturated rings. The minimum absolute atomic E-state index is 0.0893. The molecule has 0 radical (unpaired) electrons. The van der Waals surface area contributed by atoms with Gasteiger partial charge in [-0.25, -0.2) is 4.98 Å². The van der Waals surface area contributed by atoms with Gasteiger partial charge < -0.3 is 9.47 Å². The minimum atomic E-state index is -0.330. The first-order chi connectivity index (χ1) is 14.1. The second kappa shape index (κ2) is 8.59. The third kappa shape index (κ3) is 3.79. The Labute approximate surface area is 176 Å². The number of para-hydroxylation sites is 2.